The molecule has 0 unspecified atom stereocenters. The summed E-state index contributed by atoms with van der Waals surface area (Å²) in [5.41, 5.74) is 1.31. The Morgan fingerprint density at radius 1 is 0.944 bits per heavy atom. The molecule has 9 heteroatoms. The number of nitrogens with one attached hydrogen (secondary N) is 2. The van der Waals surface area contributed by atoms with Gasteiger partial charge in [-0.15, -0.1) is 0 Å². The van der Waals surface area contributed by atoms with E-state index < -0.39 is 5.56 Å². The summed E-state index contributed by atoms with van der Waals surface area (Å²) >= 11 is 0. The minimum absolute atomic E-state index is 0.161. The van der Waals surface area contributed by atoms with E-state index in [0.717, 1.165) is 0 Å². The summed E-state index contributed by atoms with van der Waals surface area (Å²) in [6.07, 6.45) is 1.47. The highest BCUT2D eigenvalue weighted by Crippen LogP contribution is 2.30. The topological polar surface area (TPSA) is 104 Å². The average molecular weight is 487 g/mol. The van der Waals surface area contributed by atoms with Gasteiger partial charge in [-0.05, 0) is 42.5 Å². The predicted octanol–water partition coefficient (Wildman–Crippen LogP) is 4.15. The Bertz CT molecular complexity index is 1390. The molecule has 1 amide bonds. The standard InChI is InChI=1S/C27H26N4O5/c1-34-15-14-28-26(32)19-8-6-9-20(16-19)30-25-24(36-23-13-7-12-22(17-23)35-2)18-29-31(27(25)33)21-10-4-3-5-11-21/h3-13,16-18,30H,14-15H2,1-2H3,(H,28,32). The Balaban J connectivity index is 1.71. The van der Waals surface area contributed by atoms with Crippen molar-refractivity contribution in [2.45, 2.75) is 0 Å². The fourth-order valence-corrected chi connectivity index (χ4v) is 3.43. The van der Waals surface area contributed by atoms with Crippen LogP contribution in [0.5, 0.6) is 17.2 Å². The predicted molar refractivity (Wildman–Crippen MR) is 137 cm³/mol. The number of hydrogen-bond donors (Lipinski definition) is 2. The van der Waals surface area contributed by atoms with Gasteiger partial charge in [-0.25, -0.2) is 0 Å². The first-order chi connectivity index (χ1) is 17.6. The fraction of sp³-hybridized carbons (Fsp3) is 0.148. The van der Waals surface area contributed by atoms with Crippen LogP contribution in [0.15, 0.2) is 89.9 Å². The molecule has 0 saturated carbocycles. The molecule has 1 heterocycles. The van der Waals surface area contributed by atoms with Crippen LogP contribution < -0.4 is 25.7 Å². The smallest absolute Gasteiger partial charge is 0.299 e. The molecule has 184 valence electrons. The fourth-order valence-electron chi connectivity index (χ4n) is 3.43. The van der Waals surface area contributed by atoms with Gasteiger partial charge < -0.3 is 24.8 Å². The molecular weight excluding hydrogens is 460 g/mol. The van der Waals surface area contributed by atoms with E-state index in [-0.39, 0.29) is 17.3 Å². The Kier molecular flexibility index (Phi) is 7.94. The summed E-state index contributed by atoms with van der Waals surface area (Å²) in [5, 5.41) is 10.2. The highest BCUT2D eigenvalue weighted by Gasteiger charge is 2.16. The third-order valence-corrected chi connectivity index (χ3v) is 5.20. The van der Waals surface area contributed by atoms with Crippen LogP contribution in [0.3, 0.4) is 0 Å². The maximum atomic E-state index is 13.5. The van der Waals surface area contributed by atoms with Crippen LogP contribution in [0.25, 0.3) is 5.69 Å². The minimum atomic E-state index is -0.420. The van der Waals surface area contributed by atoms with Crippen molar-refractivity contribution >= 4 is 17.3 Å². The second kappa shape index (κ2) is 11.7. The molecule has 2 N–H and O–H groups in total. The number of anilines is 2. The Hall–Kier alpha value is -4.63. The second-order valence-electron chi connectivity index (χ2n) is 7.67. The van der Waals surface area contributed by atoms with Crippen LogP contribution >= 0.6 is 0 Å². The van der Waals surface area contributed by atoms with E-state index in [0.29, 0.717) is 41.6 Å². The van der Waals surface area contributed by atoms with E-state index in [4.69, 9.17) is 14.2 Å². The number of hydrogen-bond acceptors (Lipinski definition) is 7. The minimum Gasteiger partial charge on any atom is -0.497 e. The summed E-state index contributed by atoms with van der Waals surface area (Å²) in [7, 11) is 3.13. The third kappa shape index (κ3) is 5.89. The molecular formula is C27H26N4O5. The zero-order chi connectivity index (χ0) is 25.3. The van der Waals surface area contributed by atoms with Crippen molar-refractivity contribution in [1.29, 1.82) is 0 Å². The number of carbonyl (C=O) groups excluding carboxylic acids is 1. The maximum absolute atomic E-state index is 13.5. The van der Waals surface area contributed by atoms with E-state index in [9.17, 15) is 9.59 Å². The third-order valence-electron chi connectivity index (χ3n) is 5.20. The number of para-hydroxylation sites is 1. The van der Waals surface area contributed by atoms with Crippen LogP contribution in [-0.2, 0) is 4.74 Å². The van der Waals surface area contributed by atoms with Gasteiger partial charge in [-0.3, -0.25) is 9.59 Å². The first kappa shape index (κ1) is 24.5. The molecule has 0 aliphatic rings. The molecule has 36 heavy (non-hydrogen) atoms. The molecule has 0 spiro atoms. The number of carbonyl (C=O) groups is 1. The van der Waals surface area contributed by atoms with Crippen LogP contribution in [0.2, 0.25) is 0 Å². The lowest BCUT2D eigenvalue weighted by Gasteiger charge is -2.15. The van der Waals surface area contributed by atoms with Gasteiger partial charge in [0, 0.05) is 31.0 Å². The van der Waals surface area contributed by atoms with Gasteiger partial charge in [0.2, 0.25) is 0 Å². The van der Waals surface area contributed by atoms with E-state index in [2.05, 4.69) is 15.7 Å². The van der Waals surface area contributed by atoms with Gasteiger partial charge >= 0.3 is 0 Å². The molecule has 0 radical (unpaired) electrons. The number of amides is 1. The van der Waals surface area contributed by atoms with Crippen LogP contribution in [0.4, 0.5) is 11.4 Å². The number of ether oxygens (including phenoxy) is 3. The highest BCUT2D eigenvalue weighted by atomic mass is 16.5. The number of nitrogens with zero attached hydrogens (tertiary/aromatic N) is 2. The Labute approximate surface area is 208 Å². The Morgan fingerprint density at radius 2 is 1.72 bits per heavy atom. The summed E-state index contributed by atoms with van der Waals surface area (Å²) in [6, 6.07) is 22.9. The largest absolute Gasteiger partial charge is 0.497 e. The highest BCUT2D eigenvalue weighted by molar-refractivity contribution is 5.95. The molecule has 0 aliphatic heterocycles. The van der Waals surface area contributed by atoms with Gasteiger partial charge in [0.1, 0.15) is 11.5 Å². The molecule has 0 fully saturated rings. The van der Waals surface area contributed by atoms with Crippen molar-refractivity contribution in [2.24, 2.45) is 0 Å². The van der Waals surface area contributed by atoms with Gasteiger partial charge in [0.15, 0.2) is 11.4 Å². The lowest BCUT2D eigenvalue weighted by atomic mass is 10.2. The number of aromatic nitrogens is 2. The maximum Gasteiger partial charge on any atom is 0.299 e. The van der Waals surface area contributed by atoms with E-state index in [1.165, 1.54) is 10.9 Å². The summed E-state index contributed by atoms with van der Waals surface area (Å²) in [6.45, 7) is 0.794. The summed E-state index contributed by atoms with van der Waals surface area (Å²) < 4.78 is 17.6. The quantitative estimate of drug-likeness (QED) is 0.325. The average Bonchev–Trinajstić information content (AvgIpc) is 2.91. The van der Waals surface area contributed by atoms with E-state index in [1.54, 1.807) is 74.9 Å². The molecule has 0 aliphatic carbocycles. The number of rotatable bonds is 10. The van der Waals surface area contributed by atoms with Crippen molar-refractivity contribution in [3.63, 3.8) is 0 Å². The Morgan fingerprint density at radius 3 is 2.50 bits per heavy atom. The van der Waals surface area contributed by atoms with E-state index in [1.807, 2.05) is 18.2 Å². The van der Waals surface area contributed by atoms with Crippen molar-refractivity contribution in [3.8, 4) is 22.9 Å². The first-order valence-electron chi connectivity index (χ1n) is 11.2. The van der Waals surface area contributed by atoms with Crippen molar-refractivity contribution in [3.05, 3.63) is 101 Å². The zero-order valence-corrected chi connectivity index (χ0v) is 19.9. The molecule has 1 aromatic heterocycles. The molecule has 0 atom stereocenters. The first-order valence-corrected chi connectivity index (χ1v) is 11.2. The van der Waals surface area contributed by atoms with E-state index >= 15 is 0 Å². The summed E-state index contributed by atoms with van der Waals surface area (Å²) in [5.74, 6) is 1.05. The zero-order valence-electron chi connectivity index (χ0n) is 19.9. The number of benzene rings is 3. The lowest BCUT2D eigenvalue weighted by Crippen LogP contribution is -2.27. The molecule has 3 aromatic carbocycles. The second-order valence-corrected chi connectivity index (χ2v) is 7.67. The lowest BCUT2D eigenvalue weighted by molar-refractivity contribution is 0.0937. The molecule has 4 rings (SSSR count). The normalized spacial score (nSPS) is 10.5. The molecule has 9 nitrogen and oxygen atoms in total. The van der Waals surface area contributed by atoms with Crippen LogP contribution in [0, 0.1) is 0 Å². The van der Waals surface area contributed by atoms with Crippen molar-refractivity contribution in [2.75, 3.05) is 32.7 Å². The van der Waals surface area contributed by atoms with Gasteiger partial charge in [0.05, 0.1) is 25.6 Å². The van der Waals surface area contributed by atoms with Crippen LogP contribution in [-0.4, -0.2) is 43.1 Å². The van der Waals surface area contributed by atoms with Gasteiger partial charge in [-0.1, -0.05) is 30.3 Å². The molecule has 0 bridgehead atoms. The summed E-state index contributed by atoms with van der Waals surface area (Å²) in [4.78, 5) is 26.0. The van der Waals surface area contributed by atoms with Crippen LogP contribution in [0.1, 0.15) is 10.4 Å². The van der Waals surface area contributed by atoms with Gasteiger partial charge in [0.25, 0.3) is 11.5 Å². The number of methoxy groups -OCH3 is 2. The molecule has 0 saturated heterocycles. The van der Waals surface area contributed by atoms with Gasteiger partial charge in [-0.2, -0.15) is 9.78 Å². The monoisotopic (exact) mass is 486 g/mol. The molecule has 4 aromatic rings. The van der Waals surface area contributed by atoms with Crippen molar-refractivity contribution in [1.82, 2.24) is 15.1 Å². The SMILES string of the molecule is COCCNC(=O)c1cccc(Nc2c(Oc3cccc(OC)c3)cnn(-c3ccccc3)c2=O)c1. The van der Waals surface area contributed by atoms with Crippen molar-refractivity contribution < 1.29 is 19.0 Å².